The van der Waals surface area contributed by atoms with Gasteiger partial charge in [0.2, 0.25) is 5.91 Å². The summed E-state index contributed by atoms with van der Waals surface area (Å²) in [5.41, 5.74) is 0.180. The van der Waals surface area contributed by atoms with Crippen LogP contribution in [0.3, 0.4) is 0 Å². The lowest BCUT2D eigenvalue weighted by Crippen LogP contribution is -2.58. The summed E-state index contributed by atoms with van der Waals surface area (Å²) in [6, 6.07) is 19.0. The summed E-state index contributed by atoms with van der Waals surface area (Å²) in [5.74, 6) is 0.301. The highest BCUT2D eigenvalue weighted by Crippen LogP contribution is 2.39. The number of amides is 3. The average molecular weight is 437 g/mol. The van der Waals surface area contributed by atoms with Crippen LogP contribution in [-0.4, -0.2) is 73.0 Å². The molecule has 1 spiro atoms. The number of nitrogens with one attached hydrogen (secondary N) is 1. The predicted molar refractivity (Wildman–Crippen MR) is 120 cm³/mol. The summed E-state index contributed by atoms with van der Waals surface area (Å²) in [6.07, 6.45) is 1.00. The van der Waals surface area contributed by atoms with Gasteiger partial charge in [0, 0.05) is 25.8 Å². The van der Waals surface area contributed by atoms with Crippen LogP contribution in [0, 0.1) is 0 Å². The number of rotatable bonds is 6. The molecule has 0 atom stereocenters. The molecular weight excluding hydrogens is 408 g/mol. The van der Waals surface area contributed by atoms with Gasteiger partial charge in [0.1, 0.15) is 17.8 Å². The monoisotopic (exact) mass is 436 g/mol. The van der Waals surface area contributed by atoms with E-state index in [0.29, 0.717) is 38.3 Å². The molecule has 2 fully saturated rings. The quantitative estimate of drug-likeness (QED) is 0.742. The van der Waals surface area contributed by atoms with E-state index in [0.717, 1.165) is 5.69 Å². The van der Waals surface area contributed by atoms with Gasteiger partial charge in [0.25, 0.3) is 11.8 Å². The van der Waals surface area contributed by atoms with Crippen LogP contribution in [0.15, 0.2) is 60.7 Å². The van der Waals surface area contributed by atoms with Crippen molar-refractivity contribution in [1.82, 2.24) is 15.1 Å². The maximum Gasteiger partial charge on any atom is 0.260 e. The smallest absolute Gasteiger partial charge is 0.260 e. The summed E-state index contributed by atoms with van der Waals surface area (Å²) in [6.45, 7) is 1.26. The van der Waals surface area contributed by atoms with E-state index in [1.807, 2.05) is 60.7 Å². The van der Waals surface area contributed by atoms with Crippen molar-refractivity contribution in [2.45, 2.75) is 18.4 Å². The van der Waals surface area contributed by atoms with E-state index in [4.69, 9.17) is 4.74 Å². The van der Waals surface area contributed by atoms with Crippen LogP contribution in [0.25, 0.3) is 0 Å². The van der Waals surface area contributed by atoms with Crippen LogP contribution in [-0.2, 0) is 14.4 Å². The normalized spacial score (nSPS) is 17.5. The van der Waals surface area contributed by atoms with Crippen molar-refractivity contribution >= 4 is 23.4 Å². The van der Waals surface area contributed by atoms with Gasteiger partial charge < -0.3 is 24.8 Å². The van der Waals surface area contributed by atoms with E-state index in [1.54, 1.807) is 16.8 Å². The largest absolute Gasteiger partial charge is 0.484 e. The molecule has 8 nitrogen and oxygen atoms in total. The molecule has 4 rings (SSSR count). The molecule has 168 valence electrons. The number of carbonyl (C=O) groups excluding carboxylic acids is 3. The number of likely N-dealkylation sites (tertiary alicyclic amines) is 1. The lowest BCUT2D eigenvalue weighted by Gasteiger charge is -2.43. The number of benzene rings is 2. The number of ether oxygens (including phenoxy) is 1. The first-order chi connectivity index (χ1) is 15.5. The molecule has 0 unspecified atom stereocenters. The van der Waals surface area contributed by atoms with Crippen molar-refractivity contribution in [1.29, 1.82) is 0 Å². The Labute approximate surface area is 187 Å². The molecule has 32 heavy (non-hydrogen) atoms. The molecule has 8 heteroatoms. The van der Waals surface area contributed by atoms with Crippen molar-refractivity contribution < 1.29 is 19.1 Å². The van der Waals surface area contributed by atoms with Gasteiger partial charge in [-0.05, 0) is 37.1 Å². The third-order valence-corrected chi connectivity index (χ3v) is 6.24. The highest BCUT2D eigenvalue weighted by Gasteiger charge is 2.54. The highest BCUT2D eigenvalue weighted by molar-refractivity contribution is 5.96. The Balaban J connectivity index is 1.46. The molecule has 0 bridgehead atoms. The van der Waals surface area contributed by atoms with Crippen LogP contribution in [0.5, 0.6) is 5.75 Å². The predicted octanol–water partition coefficient (Wildman–Crippen LogP) is 1.48. The molecule has 0 aromatic heterocycles. The first kappa shape index (κ1) is 21.7. The number of para-hydroxylation sites is 2. The van der Waals surface area contributed by atoms with Gasteiger partial charge in [0.15, 0.2) is 6.61 Å². The van der Waals surface area contributed by atoms with Gasteiger partial charge >= 0.3 is 0 Å². The van der Waals surface area contributed by atoms with Gasteiger partial charge in [-0.3, -0.25) is 14.4 Å². The van der Waals surface area contributed by atoms with Gasteiger partial charge in [-0.25, -0.2) is 0 Å². The molecular formula is C24H28N4O4. The average Bonchev–Trinajstić information content (AvgIpc) is 3.10. The zero-order valence-corrected chi connectivity index (χ0v) is 18.2. The van der Waals surface area contributed by atoms with Gasteiger partial charge in [0.05, 0.1) is 6.67 Å². The molecule has 2 aliphatic rings. The number of anilines is 1. The fraction of sp³-hybridized carbons (Fsp3) is 0.375. The summed E-state index contributed by atoms with van der Waals surface area (Å²) in [4.78, 5) is 43.6. The summed E-state index contributed by atoms with van der Waals surface area (Å²) < 4.78 is 5.60. The Morgan fingerprint density at radius 3 is 2.25 bits per heavy atom. The number of carbonyl (C=O) groups is 3. The molecule has 0 aliphatic carbocycles. The lowest BCUT2D eigenvalue weighted by atomic mass is 9.85. The first-order valence-electron chi connectivity index (χ1n) is 10.8. The van der Waals surface area contributed by atoms with Crippen LogP contribution in [0.4, 0.5) is 5.69 Å². The zero-order valence-electron chi connectivity index (χ0n) is 18.2. The zero-order chi connectivity index (χ0) is 22.6. The van der Waals surface area contributed by atoms with Crippen molar-refractivity contribution in [3.63, 3.8) is 0 Å². The maximum absolute atomic E-state index is 13.5. The molecule has 2 aromatic carbocycles. The van der Waals surface area contributed by atoms with E-state index in [1.165, 1.54) is 0 Å². The molecule has 2 aliphatic heterocycles. The summed E-state index contributed by atoms with van der Waals surface area (Å²) >= 11 is 0. The SMILES string of the molecule is CNC(=O)CN1CN(c2ccccc2)C2(CCN(C(=O)COc3ccccc3)CC2)C1=O. The van der Waals surface area contributed by atoms with E-state index in [9.17, 15) is 14.4 Å². The van der Waals surface area contributed by atoms with Crippen molar-refractivity contribution in [2.75, 3.05) is 44.9 Å². The molecule has 0 saturated carbocycles. The highest BCUT2D eigenvalue weighted by atomic mass is 16.5. The van der Waals surface area contributed by atoms with Crippen LogP contribution >= 0.6 is 0 Å². The van der Waals surface area contributed by atoms with Crippen molar-refractivity contribution in [3.8, 4) is 5.75 Å². The van der Waals surface area contributed by atoms with Crippen LogP contribution in [0.1, 0.15) is 12.8 Å². The Bertz CT molecular complexity index is 958. The second kappa shape index (κ2) is 9.30. The Hall–Kier alpha value is -3.55. The fourth-order valence-electron chi connectivity index (χ4n) is 4.45. The van der Waals surface area contributed by atoms with Crippen LogP contribution in [0.2, 0.25) is 0 Å². The summed E-state index contributed by atoms with van der Waals surface area (Å²) in [7, 11) is 1.56. The fourth-order valence-corrected chi connectivity index (χ4v) is 4.45. The maximum atomic E-state index is 13.5. The molecule has 2 aromatic rings. The minimum atomic E-state index is -0.757. The third kappa shape index (κ3) is 4.26. The molecule has 3 amide bonds. The summed E-state index contributed by atoms with van der Waals surface area (Å²) in [5, 5.41) is 2.59. The minimum absolute atomic E-state index is 0.0218. The second-order valence-corrected chi connectivity index (χ2v) is 8.10. The van der Waals surface area contributed by atoms with E-state index >= 15 is 0 Å². The number of hydrogen-bond donors (Lipinski definition) is 1. The Morgan fingerprint density at radius 2 is 1.62 bits per heavy atom. The molecule has 0 radical (unpaired) electrons. The van der Waals surface area contributed by atoms with Gasteiger partial charge in [-0.15, -0.1) is 0 Å². The van der Waals surface area contributed by atoms with Crippen molar-refractivity contribution in [2.24, 2.45) is 0 Å². The standard InChI is InChI=1S/C24H28N4O4/c1-25-21(29)16-27-18-28(19-8-4-2-5-9-19)24(23(27)31)12-14-26(15-13-24)22(30)17-32-20-10-6-3-7-11-20/h2-11H,12-18H2,1H3,(H,25,29). The van der Waals surface area contributed by atoms with Gasteiger partial charge in [-0.2, -0.15) is 0 Å². The molecule has 2 saturated heterocycles. The van der Waals surface area contributed by atoms with Gasteiger partial charge in [-0.1, -0.05) is 36.4 Å². The minimum Gasteiger partial charge on any atom is -0.484 e. The lowest BCUT2D eigenvalue weighted by molar-refractivity contribution is -0.140. The molecule has 1 N–H and O–H groups in total. The Morgan fingerprint density at radius 1 is 1.00 bits per heavy atom. The van der Waals surface area contributed by atoms with Crippen LogP contribution < -0.4 is 15.0 Å². The van der Waals surface area contributed by atoms with E-state index in [2.05, 4.69) is 10.2 Å². The van der Waals surface area contributed by atoms with Crippen molar-refractivity contribution in [3.05, 3.63) is 60.7 Å². The molecule has 2 heterocycles. The number of piperidine rings is 1. The number of likely N-dealkylation sites (N-methyl/N-ethyl adjacent to an activating group) is 1. The third-order valence-electron chi connectivity index (χ3n) is 6.24. The number of hydrogen-bond acceptors (Lipinski definition) is 5. The van der Waals surface area contributed by atoms with E-state index in [-0.39, 0.29) is 30.9 Å². The topological polar surface area (TPSA) is 82.2 Å². The first-order valence-corrected chi connectivity index (χ1v) is 10.8. The number of nitrogens with zero attached hydrogens (tertiary/aromatic N) is 3. The van der Waals surface area contributed by atoms with E-state index < -0.39 is 5.54 Å². The second-order valence-electron chi connectivity index (χ2n) is 8.10. The Kier molecular flexibility index (Phi) is 6.30.